The summed E-state index contributed by atoms with van der Waals surface area (Å²) < 4.78 is 24.7. The van der Waals surface area contributed by atoms with E-state index in [0.717, 1.165) is 12.8 Å². The van der Waals surface area contributed by atoms with Gasteiger partial charge in [0.1, 0.15) is 5.25 Å². The quantitative estimate of drug-likeness (QED) is 0.763. The molecule has 17 heavy (non-hydrogen) atoms. The standard InChI is InChI=1S/C13H22O3S/c1-8(2)17(15,16)10-9-6-7-13(5,11(10)14)12(9,3)4/h8-10H,6-7H2,1-5H3/t9-,10+,13+/m1/s1. The van der Waals surface area contributed by atoms with Crippen LogP contribution in [-0.2, 0) is 14.6 Å². The van der Waals surface area contributed by atoms with Gasteiger partial charge in [-0.2, -0.15) is 0 Å². The van der Waals surface area contributed by atoms with Gasteiger partial charge >= 0.3 is 0 Å². The minimum Gasteiger partial charge on any atom is -0.298 e. The smallest absolute Gasteiger partial charge is 0.162 e. The Morgan fingerprint density at radius 1 is 1.24 bits per heavy atom. The number of hydrogen-bond acceptors (Lipinski definition) is 3. The first-order valence-corrected chi connectivity index (χ1v) is 7.95. The summed E-state index contributed by atoms with van der Waals surface area (Å²) in [4.78, 5) is 12.5. The third kappa shape index (κ3) is 1.33. The van der Waals surface area contributed by atoms with E-state index in [0.29, 0.717) is 0 Å². The number of ketones is 1. The second-order valence-electron chi connectivity index (χ2n) is 6.62. The fourth-order valence-electron chi connectivity index (χ4n) is 3.67. The molecule has 0 aromatic heterocycles. The highest BCUT2D eigenvalue weighted by atomic mass is 32.2. The molecule has 2 fully saturated rings. The maximum absolute atomic E-state index is 12.5. The molecule has 0 N–H and O–H groups in total. The van der Waals surface area contributed by atoms with Gasteiger partial charge in [-0.25, -0.2) is 8.42 Å². The minimum absolute atomic E-state index is 0.00685. The molecule has 2 aliphatic carbocycles. The zero-order chi connectivity index (χ0) is 13.2. The van der Waals surface area contributed by atoms with Crippen LogP contribution in [0.5, 0.6) is 0 Å². The average Bonchev–Trinajstić information content (AvgIpc) is 2.49. The molecule has 98 valence electrons. The highest BCUT2D eigenvalue weighted by Gasteiger charge is 2.69. The minimum atomic E-state index is -3.32. The van der Waals surface area contributed by atoms with Crippen LogP contribution in [0.3, 0.4) is 0 Å². The van der Waals surface area contributed by atoms with E-state index in [1.54, 1.807) is 13.8 Å². The van der Waals surface area contributed by atoms with Gasteiger partial charge in [-0.3, -0.25) is 4.79 Å². The van der Waals surface area contributed by atoms with E-state index in [1.807, 2.05) is 6.92 Å². The Kier molecular flexibility index (Phi) is 2.57. The predicted molar refractivity (Wildman–Crippen MR) is 67.5 cm³/mol. The zero-order valence-corrected chi connectivity index (χ0v) is 12.1. The van der Waals surface area contributed by atoms with E-state index in [9.17, 15) is 13.2 Å². The number of carbonyl (C=O) groups is 1. The van der Waals surface area contributed by atoms with Crippen molar-refractivity contribution in [2.24, 2.45) is 16.7 Å². The van der Waals surface area contributed by atoms with Gasteiger partial charge in [0.2, 0.25) is 0 Å². The summed E-state index contributed by atoms with van der Waals surface area (Å²) in [6.45, 7) is 9.40. The Labute approximate surface area is 104 Å². The number of rotatable bonds is 2. The summed E-state index contributed by atoms with van der Waals surface area (Å²) in [7, 11) is -3.32. The van der Waals surface area contributed by atoms with Crippen LogP contribution in [0.4, 0.5) is 0 Å². The second kappa shape index (κ2) is 3.34. The lowest BCUT2D eigenvalue weighted by atomic mass is 9.70. The van der Waals surface area contributed by atoms with Crippen molar-refractivity contribution in [1.82, 2.24) is 0 Å². The van der Waals surface area contributed by atoms with Crippen molar-refractivity contribution >= 4 is 15.6 Å². The molecule has 2 rings (SSSR count). The molecular formula is C13H22O3S. The molecule has 0 aliphatic heterocycles. The van der Waals surface area contributed by atoms with Crippen LogP contribution in [0.25, 0.3) is 0 Å². The maximum Gasteiger partial charge on any atom is 0.162 e. The molecule has 2 aliphatic rings. The van der Waals surface area contributed by atoms with Crippen molar-refractivity contribution in [3.05, 3.63) is 0 Å². The molecule has 2 bridgehead atoms. The highest BCUT2D eigenvalue weighted by molar-refractivity contribution is 7.93. The van der Waals surface area contributed by atoms with Crippen LogP contribution in [0.1, 0.15) is 47.5 Å². The first-order chi connectivity index (χ1) is 7.57. The fraction of sp³-hybridized carbons (Fsp3) is 0.923. The van der Waals surface area contributed by atoms with E-state index >= 15 is 0 Å². The first-order valence-electron chi connectivity index (χ1n) is 6.34. The van der Waals surface area contributed by atoms with Gasteiger partial charge in [0, 0.05) is 5.41 Å². The van der Waals surface area contributed by atoms with Gasteiger partial charge in [0.25, 0.3) is 0 Å². The molecular weight excluding hydrogens is 236 g/mol. The van der Waals surface area contributed by atoms with E-state index in [-0.39, 0.29) is 17.1 Å². The Morgan fingerprint density at radius 2 is 1.76 bits per heavy atom. The number of fused-ring (bicyclic) bond motifs is 2. The SMILES string of the molecule is CC(C)S(=O)(=O)[C@@H]1C(=O)[C@]2(C)CC[C@H]1C2(C)C. The van der Waals surface area contributed by atoms with E-state index in [2.05, 4.69) is 13.8 Å². The van der Waals surface area contributed by atoms with Gasteiger partial charge < -0.3 is 0 Å². The summed E-state index contributed by atoms with van der Waals surface area (Å²) in [5, 5.41) is -1.22. The van der Waals surface area contributed by atoms with E-state index in [4.69, 9.17) is 0 Å². The van der Waals surface area contributed by atoms with Crippen molar-refractivity contribution in [3.63, 3.8) is 0 Å². The third-order valence-corrected chi connectivity index (χ3v) is 8.05. The lowest BCUT2D eigenvalue weighted by Gasteiger charge is -2.32. The Morgan fingerprint density at radius 3 is 2.12 bits per heavy atom. The number of Topliss-reactive ketones (excluding diaryl/α,β-unsaturated/α-hetero) is 1. The Balaban J connectivity index is 2.53. The lowest BCUT2D eigenvalue weighted by molar-refractivity contribution is -0.127. The van der Waals surface area contributed by atoms with Gasteiger partial charge in [0.15, 0.2) is 15.6 Å². The Bertz CT molecular complexity index is 461. The topological polar surface area (TPSA) is 51.2 Å². The summed E-state index contributed by atoms with van der Waals surface area (Å²) in [5.74, 6) is -0.0279. The van der Waals surface area contributed by atoms with Crippen molar-refractivity contribution in [2.45, 2.75) is 58.0 Å². The molecule has 0 unspecified atom stereocenters. The van der Waals surface area contributed by atoms with E-state index in [1.165, 1.54) is 0 Å². The van der Waals surface area contributed by atoms with Crippen LogP contribution in [0.15, 0.2) is 0 Å². The second-order valence-corrected chi connectivity index (χ2v) is 9.25. The van der Waals surface area contributed by atoms with Crippen molar-refractivity contribution in [3.8, 4) is 0 Å². The van der Waals surface area contributed by atoms with Gasteiger partial charge in [0.05, 0.1) is 5.25 Å². The van der Waals surface area contributed by atoms with Crippen molar-refractivity contribution < 1.29 is 13.2 Å². The van der Waals surface area contributed by atoms with Crippen LogP contribution in [-0.4, -0.2) is 24.7 Å². The summed E-state index contributed by atoms with van der Waals surface area (Å²) in [6, 6.07) is 0. The normalized spacial score (nSPS) is 40.2. The molecule has 2 saturated carbocycles. The molecule has 3 atom stereocenters. The number of hydrogen-bond donors (Lipinski definition) is 0. The first kappa shape index (κ1) is 13.1. The third-order valence-electron chi connectivity index (χ3n) is 5.48. The zero-order valence-electron chi connectivity index (χ0n) is 11.3. The molecule has 0 radical (unpaired) electrons. The summed E-state index contributed by atoms with van der Waals surface area (Å²) in [6.07, 6.45) is 1.71. The largest absolute Gasteiger partial charge is 0.298 e. The molecule has 0 aromatic rings. The van der Waals surface area contributed by atoms with Crippen LogP contribution >= 0.6 is 0 Å². The monoisotopic (exact) mass is 258 g/mol. The molecule has 0 amide bonds. The van der Waals surface area contributed by atoms with Gasteiger partial charge in [-0.15, -0.1) is 0 Å². The average molecular weight is 258 g/mol. The Hall–Kier alpha value is -0.380. The summed E-state index contributed by atoms with van der Waals surface area (Å²) in [5.41, 5.74) is -0.624. The lowest BCUT2D eigenvalue weighted by Crippen LogP contribution is -2.42. The predicted octanol–water partition coefficient (Wildman–Crippen LogP) is 2.20. The number of sulfone groups is 1. The van der Waals surface area contributed by atoms with Crippen LogP contribution < -0.4 is 0 Å². The van der Waals surface area contributed by atoms with Crippen LogP contribution in [0, 0.1) is 16.7 Å². The summed E-state index contributed by atoms with van der Waals surface area (Å²) >= 11 is 0. The van der Waals surface area contributed by atoms with Crippen LogP contribution in [0.2, 0.25) is 0 Å². The van der Waals surface area contributed by atoms with E-state index < -0.39 is 25.8 Å². The molecule has 0 heterocycles. The van der Waals surface area contributed by atoms with Gasteiger partial charge in [-0.05, 0) is 38.0 Å². The fourth-order valence-corrected chi connectivity index (χ4v) is 5.75. The molecule has 0 saturated heterocycles. The molecule has 4 heteroatoms. The van der Waals surface area contributed by atoms with Crippen molar-refractivity contribution in [2.75, 3.05) is 0 Å². The maximum atomic E-state index is 12.5. The molecule has 0 aromatic carbocycles. The van der Waals surface area contributed by atoms with Crippen molar-refractivity contribution in [1.29, 1.82) is 0 Å². The van der Waals surface area contributed by atoms with Gasteiger partial charge in [-0.1, -0.05) is 20.8 Å². The highest BCUT2D eigenvalue weighted by Crippen LogP contribution is 2.65. The number of carbonyl (C=O) groups excluding carboxylic acids is 1. The molecule has 0 spiro atoms. The molecule has 3 nitrogen and oxygen atoms in total.